The van der Waals surface area contributed by atoms with Gasteiger partial charge < -0.3 is 25.1 Å². The molecule has 0 aliphatic rings. The van der Waals surface area contributed by atoms with E-state index in [9.17, 15) is 19.7 Å². The number of nitrogens with zero attached hydrogens (tertiary/aromatic N) is 1. The van der Waals surface area contributed by atoms with E-state index >= 15 is 0 Å². The molecule has 3 N–H and O–H groups in total. The summed E-state index contributed by atoms with van der Waals surface area (Å²) in [6, 6.07) is 1.09. The summed E-state index contributed by atoms with van der Waals surface area (Å²) in [5.41, 5.74) is 5.14. The van der Waals surface area contributed by atoms with Crippen LogP contribution in [0.5, 0.6) is 11.5 Å². The molecule has 10 heteroatoms. The Morgan fingerprint density at radius 3 is 2.29 bits per heavy atom. The number of nitro benzene ring substituents is 1. The minimum Gasteiger partial charge on any atom is -0.493 e. The van der Waals surface area contributed by atoms with Crippen LogP contribution in [0.4, 0.5) is 5.69 Å². The first kappa shape index (κ1) is 19.2. The summed E-state index contributed by atoms with van der Waals surface area (Å²) in [7, 11) is 2.68. The third kappa shape index (κ3) is 4.56. The molecule has 0 amide bonds. The first-order valence-electron chi connectivity index (χ1n) is 6.79. The zero-order valence-electron chi connectivity index (χ0n) is 13.3. The highest BCUT2D eigenvalue weighted by Gasteiger charge is 2.28. The number of hydrogen-bond donors (Lipinski definition) is 2. The molecule has 0 aromatic heterocycles. The fourth-order valence-corrected chi connectivity index (χ4v) is 1.96. The predicted molar refractivity (Wildman–Crippen MR) is 80.9 cm³/mol. The molecule has 0 fully saturated rings. The van der Waals surface area contributed by atoms with E-state index in [0.29, 0.717) is 0 Å². The fraction of sp³-hybridized carbons (Fsp3) is 0.429. The van der Waals surface area contributed by atoms with Crippen molar-refractivity contribution in [3.8, 4) is 11.5 Å². The number of methoxy groups -OCH3 is 2. The number of esters is 1. The second-order valence-corrected chi connectivity index (χ2v) is 4.81. The first-order chi connectivity index (χ1) is 11.2. The van der Waals surface area contributed by atoms with Crippen LogP contribution < -0.4 is 15.2 Å². The molecule has 0 spiro atoms. The lowest BCUT2D eigenvalue weighted by Crippen LogP contribution is -2.35. The summed E-state index contributed by atoms with van der Waals surface area (Å²) in [5, 5.41) is 19.8. The lowest BCUT2D eigenvalue weighted by molar-refractivity contribution is -0.386. The van der Waals surface area contributed by atoms with Crippen LogP contribution in [0.1, 0.15) is 25.0 Å². The van der Waals surface area contributed by atoms with Crippen molar-refractivity contribution in [1.82, 2.24) is 0 Å². The van der Waals surface area contributed by atoms with Gasteiger partial charge in [-0.25, -0.2) is 0 Å². The van der Waals surface area contributed by atoms with Crippen molar-refractivity contribution in [2.24, 2.45) is 5.73 Å². The topological polar surface area (TPSA) is 151 Å². The van der Waals surface area contributed by atoms with E-state index in [4.69, 9.17) is 25.1 Å². The highest BCUT2D eigenvalue weighted by Crippen LogP contribution is 2.38. The largest absolute Gasteiger partial charge is 0.493 e. The number of aliphatic carboxylic acids is 1. The molecule has 24 heavy (non-hydrogen) atoms. The molecule has 0 aliphatic carbocycles. The van der Waals surface area contributed by atoms with E-state index in [1.165, 1.54) is 27.2 Å². The number of carboxylic acid groups (broad SMARTS) is 1. The van der Waals surface area contributed by atoms with Gasteiger partial charge >= 0.3 is 11.9 Å². The molecule has 0 saturated heterocycles. The molecule has 0 bridgehead atoms. The van der Waals surface area contributed by atoms with Gasteiger partial charge in [0.25, 0.3) is 5.69 Å². The standard InChI is InChI=1S/C14H18N2O8/c1-7(24-14(19)9(15)5-13(17)18)8-4-11(22-2)12(23-3)6-10(8)16(20)21/h4,6-7,9H,5,15H2,1-3H3,(H,17,18)/t7?,9-/m0/s1. The number of rotatable bonds is 8. The van der Waals surface area contributed by atoms with Gasteiger partial charge in [-0.2, -0.15) is 0 Å². The van der Waals surface area contributed by atoms with Crippen molar-refractivity contribution in [1.29, 1.82) is 0 Å². The third-order valence-electron chi connectivity index (χ3n) is 3.16. The van der Waals surface area contributed by atoms with Gasteiger partial charge in [0.05, 0.1) is 37.2 Å². The van der Waals surface area contributed by atoms with Crippen molar-refractivity contribution in [2.45, 2.75) is 25.5 Å². The van der Waals surface area contributed by atoms with Gasteiger partial charge in [0.15, 0.2) is 11.5 Å². The van der Waals surface area contributed by atoms with Gasteiger partial charge in [0, 0.05) is 0 Å². The Bertz CT molecular complexity index is 646. The summed E-state index contributed by atoms with van der Waals surface area (Å²) in [6.45, 7) is 1.40. The van der Waals surface area contributed by atoms with Crippen LogP contribution in [0.15, 0.2) is 12.1 Å². The fourth-order valence-electron chi connectivity index (χ4n) is 1.96. The van der Waals surface area contributed by atoms with Crippen molar-refractivity contribution in [2.75, 3.05) is 14.2 Å². The Balaban J connectivity index is 3.12. The zero-order valence-corrected chi connectivity index (χ0v) is 13.3. The van der Waals surface area contributed by atoms with E-state index in [1.807, 2.05) is 0 Å². The molecule has 1 aromatic carbocycles. The lowest BCUT2D eigenvalue weighted by Gasteiger charge is -2.18. The van der Waals surface area contributed by atoms with Crippen molar-refractivity contribution >= 4 is 17.6 Å². The normalized spacial score (nSPS) is 12.8. The van der Waals surface area contributed by atoms with E-state index < -0.39 is 35.4 Å². The number of nitrogens with two attached hydrogens (primary N) is 1. The Labute approximate surface area is 137 Å². The average molecular weight is 342 g/mol. The van der Waals surface area contributed by atoms with Crippen LogP contribution in [0.2, 0.25) is 0 Å². The second kappa shape index (κ2) is 8.11. The van der Waals surface area contributed by atoms with Crippen LogP contribution in [0.25, 0.3) is 0 Å². The summed E-state index contributed by atoms with van der Waals surface area (Å²) < 4.78 is 15.1. The Kier molecular flexibility index (Phi) is 6.48. The van der Waals surface area contributed by atoms with Gasteiger partial charge in [-0.1, -0.05) is 0 Å². The van der Waals surface area contributed by atoms with Crippen LogP contribution in [-0.2, 0) is 14.3 Å². The minimum atomic E-state index is -1.37. The molecule has 0 saturated carbocycles. The number of carbonyl (C=O) groups excluding carboxylic acids is 1. The minimum absolute atomic E-state index is 0.0634. The van der Waals surface area contributed by atoms with Gasteiger partial charge in [-0.3, -0.25) is 19.7 Å². The number of benzene rings is 1. The van der Waals surface area contributed by atoms with E-state index in [2.05, 4.69) is 0 Å². The van der Waals surface area contributed by atoms with Crippen molar-refractivity contribution in [3.63, 3.8) is 0 Å². The number of ether oxygens (including phenoxy) is 3. The highest BCUT2D eigenvalue weighted by atomic mass is 16.6. The summed E-state index contributed by atoms with van der Waals surface area (Å²) >= 11 is 0. The maximum absolute atomic E-state index is 11.8. The molecule has 1 aromatic rings. The smallest absolute Gasteiger partial charge is 0.324 e. The SMILES string of the molecule is COc1cc(C(C)OC(=O)[C@@H](N)CC(=O)O)c([N+](=O)[O-])cc1OC. The maximum Gasteiger partial charge on any atom is 0.324 e. The summed E-state index contributed by atoms with van der Waals surface area (Å²) in [5.74, 6) is -1.87. The second-order valence-electron chi connectivity index (χ2n) is 4.81. The molecule has 10 nitrogen and oxygen atoms in total. The average Bonchev–Trinajstić information content (AvgIpc) is 2.52. The molecule has 1 unspecified atom stereocenters. The van der Waals surface area contributed by atoms with Gasteiger partial charge in [-0.05, 0) is 13.0 Å². The highest BCUT2D eigenvalue weighted by molar-refractivity contribution is 5.82. The Morgan fingerprint density at radius 1 is 1.29 bits per heavy atom. The van der Waals surface area contributed by atoms with Crippen LogP contribution >= 0.6 is 0 Å². The van der Waals surface area contributed by atoms with Gasteiger partial charge in [0.2, 0.25) is 0 Å². The molecule has 132 valence electrons. The molecular weight excluding hydrogens is 324 g/mol. The maximum atomic E-state index is 11.8. The van der Waals surface area contributed by atoms with Crippen LogP contribution in [0, 0.1) is 10.1 Å². The molecule has 2 atom stereocenters. The number of carbonyl (C=O) groups is 2. The lowest BCUT2D eigenvalue weighted by atomic mass is 10.1. The molecular formula is C14H18N2O8. The van der Waals surface area contributed by atoms with Gasteiger partial charge in [-0.15, -0.1) is 0 Å². The Hall–Kier alpha value is -2.88. The zero-order chi connectivity index (χ0) is 18.4. The predicted octanol–water partition coefficient (Wildman–Crippen LogP) is 1.02. The molecule has 0 radical (unpaired) electrons. The summed E-state index contributed by atoms with van der Waals surface area (Å²) in [4.78, 5) is 32.9. The van der Waals surface area contributed by atoms with E-state index in [-0.39, 0.29) is 22.7 Å². The summed E-state index contributed by atoms with van der Waals surface area (Å²) in [6.07, 6.45) is -1.66. The third-order valence-corrected chi connectivity index (χ3v) is 3.16. The van der Waals surface area contributed by atoms with Crippen LogP contribution in [0.3, 0.4) is 0 Å². The monoisotopic (exact) mass is 342 g/mol. The van der Waals surface area contributed by atoms with Crippen molar-refractivity contribution < 1.29 is 33.8 Å². The molecule has 0 aliphatic heterocycles. The molecule has 1 rings (SSSR count). The first-order valence-corrected chi connectivity index (χ1v) is 6.79. The van der Waals surface area contributed by atoms with E-state index in [0.717, 1.165) is 6.07 Å². The Morgan fingerprint density at radius 2 is 1.83 bits per heavy atom. The molecule has 0 heterocycles. The van der Waals surface area contributed by atoms with Crippen molar-refractivity contribution in [3.05, 3.63) is 27.8 Å². The number of nitro groups is 1. The van der Waals surface area contributed by atoms with E-state index in [1.54, 1.807) is 0 Å². The number of hydrogen-bond acceptors (Lipinski definition) is 8. The van der Waals surface area contributed by atoms with Crippen LogP contribution in [-0.4, -0.2) is 42.2 Å². The quantitative estimate of drug-likeness (QED) is 0.400. The number of carboxylic acids is 1. The van der Waals surface area contributed by atoms with Gasteiger partial charge in [0.1, 0.15) is 12.1 Å².